The minimum atomic E-state index is 0.0139. The lowest BCUT2D eigenvalue weighted by atomic mass is 9.95. The van der Waals surface area contributed by atoms with Crippen molar-refractivity contribution in [3.8, 4) is 11.1 Å². The van der Waals surface area contributed by atoms with Crippen LogP contribution in [0.1, 0.15) is 27.2 Å². The minimum Gasteiger partial charge on any atom is -0.334 e. The van der Waals surface area contributed by atoms with Crippen LogP contribution < -0.4 is 5.32 Å². The van der Waals surface area contributed by atoms with E-state index in [0.29, 0.717) is 25.9 Å². The van der Waals surface area contributed by atoms with E-state index in [0.717, 1.165) is 50.1 Å². The molecule has 0 fully saturated rings. The number of hydrogen-bond donors (Lipinski definition) is 1. The van der Waals surface area contributed by atoms with E-state index in [1.807, 2.05) is 65.6 Å². The van der Waals surface area contributed by atoms with Gasteiger partial charge < -0.3 is 10.2 Å². The van der Waals surface area contributed by atoms with Crippen molar-refractivity contribution in [2.24, 2.45) is 0 Å². The summed E-state index contributed by atoms with van der Waals surface area (Å²) in [6, 6.07) is 24.2. The van der Waals surface area contributed by atoms with Crippen molar-refractivity contribution >= 4 is 28.4 Å². The molecule has 5 nitrogen and oxygen atoms in total. The summed E-state index contributed by atoms with van der Waals surface area (Å²) < 4.78 is 0. The summed E-state index contributed by atoms with van der Waals surface area (Å²) in [7, 11) is 0. The third-order valence-corrected chi connectivity index (χ3v) is 6.35. The zero-order valence-corrected chi connectivity index (χ0v) is 17.5. The van der Waals surface area contributed by atoms with E-state index < -0.39 is 0 Å². The molecule has 1 N–H and O–H groups in total. The summed E-state index contributed by atoms with van der Waals surface area (Å²) in [5.74, 6) is 0.0703. The van der Waals surface area contributed by atoms with Crippen molar-refractivity contribution < 1.29 is 9.59 Å². The monoisotopic (exact) mass is 419 g/mol. The molecule has 0 saturated heterocycles. The van der Waals surface area contributed by atoms with Crippen LogP contribution in [0.2, 0.25) is 0 Å². The number of para-hydroxylation sites is 1. The highest BCUT2D eigenvalue weighted by atomic mass is 16.2. The van der Waals surface area contributed by atoms with Crippen LogP contribution in [0.25, 0.3) is 22.0 Å². The van der Waals surface area contributed by atoms with Gasteiger partial charge in [0.2, 0.25) is 5.91 Å². The van der Waals surface area contributed by atoms with Gasteiger partial charge in [-0.15, -0.1) is 0 Å². The quantitative estimate of drug-likeness (QED) is 0.526. The van der Waals surface area contributed by atoms with Crippen LogP contribution in [-0.4, -0.2) is 28.2 Å². The fourth-order valence-electron chi connectivity index (χ4n) is 4.72. The summed E-state index contributed by atoms with van der Waals surface area (Å²) in [5.41, 5.74) is 7.50. The van der Waals surface area contributed by atoms with Crippen LogP contribution in [-0.2, 0) is 24.2 Å². The summed E-state index contributed by atoms with van der Waals surface area (Å²) in [6.45, 7) is 1.23. The van der Waals surface area contributed by atoms with Gasteiger partial charge in [-0.2, -0.15) is 0 Å². The van der Waals surface area contributed by atoms with Gasteiger partial charge in [-0.3, -0.25) is 14.6 Å². The second-order valence-corrected chi connectivity index (χ2v) is 8.41. The van der Waals surface area contributed by atoms with Crippen LogP contribution in [0.5, 0.6) is 0 Å². The first-order valence-corrected chi connectivity index (χ1v) is 10.8. The number of benzene rings is 3. The van der Waals surface area contributed by atoms with Crippen LogP contribution in [0.3, 0.4) is 0 Å². The summed E-state index contributed by atoms with van der Waals surface area (Å²) in [5, 5.41) is 4.03. The Morgan fingerprint density at radius 3 is 2.75 bits per heavy atom. The lowest BCUT2D eigenvalue weighted by Gasteiger charge is -2.15. The zero-order valence-electron chi connectivity index (χ0n) is 17.5. The zero-order chi connectivity index (χ0) is 21.7. The first-order valence-electron chi connectivity index (χ1n) is 10.8. The molecule has 4 aromatic rings. The number of carbonyl (C=O) groups is 2. The van der Waals surface area contributed by atoms with Crippen LogP contribution in [0.4, 0.5) is 5.69 Å². The molecule has 0 bridgehead atoms. The van der Waals surface area contributed by atoms with Gasteiger partial charge in [0.15, 0.2) is 0 Å². The molecule has 2 aliphatic rings. The van der Waals surface area contributed by atoms with Crippen molar-refractivity contribution in [1.82, 2.24) is 9.88 Å². The minimum absolute atomic E-state index is 0.0139. The number of hydrogen-bond acceptors (Lipinski definition) is 3. The van der Waals surface area contributed by atoms with E-state index in [1.165, 1.54) is 0 Å². The molecule has 0 spiro atoms. The third kappa shape index (κ3) is 3.14. The second kappa shape index (κ2) is 7.31. The van der Waals surface area contributed by atoms with Crippen molar-refractivity contribution in [3.05, 3.63) is 95.2 Å². The number of nitrogens with one attached hydrogen (secondary N) is 1. The molecular formula is C27H21N3O2. The van der Waals surface area contributed by atoms with Crippen molar-refractivity contribution in [2.45, 2.75) is 19.4 Å². The summed E-state index contributed by atoms with van der Waals surface area (Å²) in [4.78, 5) is 31.7. The average molecular weight is 419 g/mol. The van der Waals surface area contributed by atoms with Crippen LogP contribution in [0.15, 0.2) is 72.8 Å². The largest absolute Gasteiger partial charge is 0.334 e. The Bertz CT molecular complexity index is 1410. The standard InChI is InChI=1S/C27H21N3O2/c31-25-15-19-9-8-18(14-24(19)29-25)22-6-3-5-20-16-30(27(32)26(20)22)13-12-21-11-10-17-4-1-2-7-23(17)28-21/h1-11,14H,12-13,15-16H2,(H,29,31). The SMILES string of the molecule is O=C1Cc2ccc(-c3cccc4c3C(=O)N(CCc3ccc5ccccc5n3)C4)cc2N1. The van der Waals surface area contributed by atoms with E-state index in [1.54, 1.807) is 0 Å². The average Bonchev–Trinajstić information content (AvgIpc) is 3.35. The second-order valence-electron chi connectivity index (χ2n) is 8.41. The van der Waals surface area contributed by atoms with Crippen molar-refractivity contribution in [3.63, 3.8) is 0 Å². The predicted octanol–water partition coefficient (Wildman–Crippen LogP) is 4.59. The molecule has 0 atom stereocenters. The van der Waals surface area contributed by atoms with Gasteiger partial charge in [0, 0.05) is 36.3 Å². The molecule has 1 aromatic heterocycles. The van der Waals surface area contributed by atoms with E-state index in [-0.39, 0.29) is 11.8 Å². The van der Waals surface area contributed by atoms with E-state index in [2.05, 4.69) is 17.4 Å². The normalized spacial score (nSPS) is 14.6. The number of fused-ring (bicyclic) bond motifs is 3. The van der Waals surface area contributed by atoms with Gasteiger partial charge in [0.05, 0.1) is 17.5 Å². The van der Waals surface area contributed by atoms with Crippen molar-refractivity contribution in [1.29, 1.82) is 0 Å². The number of rotatable bonds is 4. The Morgan fingerprint density at radius 2 is 1.81 bits per heavy atom. The Labute approximate surface area is 185 Å². The molecular weight excluding hydrogens is 398 g/mol. The van der Waals surface area contributed by atoms with Gasteiger partial charge >= 0.3 is 0 Å². The number of carbonyl (C=O) groups excluding carboxylic acids is 2. The van der Waals surface area contributed by atoms with E-state index >= 15 is 0 Å². The van der Waals surface area contributed by atoms with Gasteiger partial charge in [0.25, 0.3) is 5.91 Å². The highest BCUT2D eigenvalue weighted by Gasteiger charge is 2.30. The van der Waals surface area contributed by atoms with Gasteiger partial charge in [-0.1, -0.05) is 54.6 Å². The molecule has 0 aliphatic carbocycles. The number of amides is 2. The molecule has 2 aliphatic heterocycles. The number of aromatic nitrogens is 1. The molecule has 0 unspecified atom stereocenters. The number of pyridine rings is 1. The van der Waals surface area contributed by atoms with E-state index in [9.17, 15) is 9.59 Å². The Morgan fingerprint density at radius 1 is 0.906 bits per heavy atom. The fourth-order valence-corrected chi connectivity index (χ4v) is 4.72. The van der Waals surface area contributed by atoms with E-state index in [4.69, 9.17) is 4.98 Å². The molecule has 3 aromatic carbocycles. The van der Waals surface area contributed by atoms with Gasteiger partial charge in [0.1, 0.15) is 0 Å². The Kier molecular flexibility index (Phi) is 4.28. The molecule has 32 heavy (non-hydrogen) atoms. The Hall–Kier alpha value is -3.99. The number of nitrogens with zero attached hydrogens (tertiary/aromatic N) is 2. The topological polar surface area (TPSA) is 62.3 Å². The third-order valence-electron chi connectivity index (χ3n) is 6.35. The molecule has 6 rings (SSSR count). The molecule has 0 saturated carbocycles. The van der Waals surface area contributed by atoms with Crippen LogP contribution in [0, 0.1) is 0 Å². The maximum Gasteiger partial charge on any atom is 0.255 e. The number of anilines is 1. The smallest absolute Gasteiger partial charge is 0.255 e. The lowest BCUT2D eigenvalue weighted by molar-refractivity contribution is -0.115. The molecule has 3 heterocycles. The van der Waals surface area contributed by atoms with Crippen molar-refractivity contribution in [2.75, 3.05) is 11.9 Å². The molecule has 156 valence electrons. The predicted molar refractivity (Wildman–Crippen MR) is 124 cm³/mol. The molecule has 5 heteroatoms. The first-order chi connectivity index (χ1) is 15.7. The lowest BCUT2D eigenvalue weighted by Crippen LogP contribution is -2.26. The first kappa shape index (κ1) is 18.8. The van der Waals surface area contributed by atoms with Gasteiger partial charge in [-0.05, 0) is 40.5 Å². The van der Waals surface area contributed by atoms with Gasteiger partial charge in [-0.25, -0.2) is 0 Å². The maximum atomic E-state index is 13.3. The Balaban J connectivity index is 1.25. The highest BCUT2D eigenvalue weighted by molar-refractivity contribution is 6.05. The maximum absolute atomic E-state index is 13.3. The summed E-state index contributed by atoms with van der Waals surface area (Å²) >= 11 is 0. The summed E-state index contributed by atoms with van der Waals surface area (Å²) in [6.07, 6.45) is 1.13. The fraction of sp³-hybridized carbons (Fsp3) is 0.148. The molecule has 2 amide bonds. The highest BCUT2D eigenvalue weighted by Crippen LogP contribution is 2.35. The van der Waals surface area contributed by atoms with Crippen LogP contribution >= 0.6 is 0 Å². The molecule has 0 radical (unpaired) electrons.